The second-order valence-electron chi connectivity index (χ2n) is 4.63. The number of H-pyrrole nitrogens is 1. The summed E-state index contributed by atoms with van der Waals surface area (Å²) in [5, 5.41) is 7.00. The minimum absolute atomic E-state index is 0.193. The molecule has 0 saturated carbocycles. The van der Waals surface area contributed by atoms with Gasteiger partial charge in [0.1, 0.15) is 6.23 Å². The van der Waals surface area contributed by atoms with Crippen LogP contribution in [-0.4, -0.2) is 54.2 Å². The normalized spacial score (nSPS) is 19.6. The molecule has 0 bridgehead atoms. The summed E-state index contributed by atoms with van der Waals surface area (Å²) in [5.41, 5.74) is 0.287. The SMILES string of the molecule is C#C.CO.O=c1[nH]cnc2c1ncn2[C@H]1CC[C@@H](COP(=O)(O)O)O1. The average Bonchev–Trinajstić information content (AvgIpc) is 3.23. The lowest BCUT2D eigenvalue weighted by Crippen LogP contribution is -2.16. The quantitative estimate of drug-likeness (QED) is 0.418. The molecule has 1 fully saturated rings. The van der Waals surface area contributed by atoms with Crippen LogP contribution in [-0.2, 0) is 13.8 Å². The van der Waals surface area contributed by atoms with Crippen molar-refractivity contribution in [2.24, 2.45) is 0 Å². The van der Waals surface area contributed by atoms with Crippen molar-refractivity contribution in [3.05, 3.63) is 23.0 Å². The highest BCUT2D eigenvalue weighted by Gasteiger charge is 2.30. The Bertz CT molecular complexity index is 796. The van der Waals surface area contributed by atoms with E-state index in [2.05, 4.69) is 32.3 Å². The van der Waals surface area contributed by atoms with Crippen LogP contribution in [0.5, 0.6) is 0 Å². The summed E-state index contributed by atoms with van der Waals surface area (Å²) in [6.07, 6.45) is 11.1. The first-order valence-corrected chi connectivity index (χ1v) is 8.51. The molecule has 12 heteroatoms. The van der Waals surface area contributed by atoms with Gasteiger partial charge in [-0.05, 0) is 12.8 Å². The van der Waals surface area contributed by atoms with Gasteiger partial charge in [-0.3, -0.25) is 13.9 Å². The van der Waals surface area contributed by atoms with Crippen molar-refractivity contribution in [2.75, 3.05) is 13.7 Å². The Hall–Kier alpha value is -2.06. The van der Waals surface area contributed by atoms with Gasteiger partial charge in [0.2, 0.25) is 0 Å². The lowest BCUT2D eigenvalue weighted by Gasteiger charge is -2.15. The Morgan fingerprint density at radius 1 is 1.40 bits per heavy atom. The van der Waals surface area contributed by atoms with E-state index in [1.807, 2.05) is 0 Å². The molecule has 0 amide bonds. The van der Waals surface area contributed by atoms with Crippen molar-refractivity contribution in [1.82, 2.24) is 19.5 Å². The van der Waals surface area contributed by atoms with Crippen molar-refractivity contribution in [2.45, 2.75) is 25.2 Å². The van der Waals surface area contributed by atoms with Crippen LogP contribution in [0.2, 0.25) is 0 Å². The molecular formula is C13H19N4O7P. The largest absolute Gasteiger partial charge is 0.469 e. The maximum absolute atomic E-state index is 11.6. The van der Waals surface area contributed by atoms with Crippen LogP contribution in [0.4, 0.5) is 0 Å². The van der Waals surface area contributed by atoms with Gasteiger partial charge in [-0.15, -0.1) is 12.8 Å². The highest BCUT2D eigenvalue weighted by atomic mass is 31.2. The van der Waals surface area contributed by atoms with E-state index in [1.54, 1.807) is 4.57 Å². The number of hydrogen-bond acceptors (Lipinski definition) is 7. The standard InChI is InChI=1S/C10H13N4O6P.C2H2.CH4O/c15-10-8-9(11-4-12-10)14(5-13-8)7-2-1-6(20-7)3-19-21(16,17)18;2*1-2/h4-7H,1-3H2,(H,11,12,15)(H2,16,17,18);1-2H;2H,1H3/t6-,7+;;/m0../s1. The number of aliphatic hydroxyl groups excluding tert-OH is 1. The Morgan fingerprint density at radius 3 is 2.72 bits per heavy atom. The predicted molar refractivity (Wildman–Crippen MR) is 87.3 cm³/mol. The third-order valence-corrected chi connectivity index (χ3v) is 3.67. The third-order valence-electron chi connectivity index (χ3n) is 3.19. The van der Waals surface area contributed by atoms with Gasteiger partial charge in [0.15, 0.2) is 11.2 Å². The Labute approximate surface area is 142 Å². The number of nitrogens with zero attached hydrogens (tertiary/aromatic N) is 3. The summed E-state index contributed by atoms with van der Waals surface area (Å²) in [5.74, 6) is 0. The molecular weight excluding hydrogens is 355 g/mol. The number of terminal acetylenes is 1. The molecule has 1 aliphatic heterocycles. The number of imidazole rings is 1. The molecule has 0 unspecified atom stereocenters. The van der Waals surface area contributed by atoms with Crippen molar-refractivity contribution >= 4 is 19.0 Å². The zero-order valence-electron chi connectivity index (χ0n) is 13.3. The Balaban J connectivity index is 0.000000730. The van der Waals surface area contributed by atoms with Gasteiger partial charge in [-0.1, -0.05) is 0 Å². The average molecular weight is 374 g/mol. The zero-order valence-corrected chi connectivity index (χ0v) is 14.2. The van der Waals surface area contributed by atoms with Gasteiger partial charge in [0.05, 0.1) is 25.4 Å². The van der Waals surface area contributed by atoms with Gasteiger partial charge in [-0.2, -0.15) is 0 Å². The number of nitrogens with one attached hydrogen (secondary N) is 1. The molecule has 2 atom stereocenters. The van der Waals surface area contributed by atoms with Crippen LogP contribution in [0.15, 0.2) is 17.4 Å². The fourth-order valence-electron chi connectivity index (χ4n) is 2.27. The number of aromatic nitrogens is 4. The number of rotatable bonds is 4. The lowest BCUT2D eigenvalue weighted by molar-refractivity contribution is -0.0205. The summed E-state index contributed by atoms with van der Waals surface area (Å²) in [7, 11) is -3.50. The number of aromatic amines is 1. The molecule has 1 saturated heterocycles. The van der Waals surface area contributed by atoms with Gasteiger partial charge in [-0.25, -0.2) is 14.5 Å². The maximum Gasteiger partial charge on any atom is 0.469 e. The zero-order chi connectivity index (χ0) is 19.0. The molecule has 0 aromatic carbocycles. The fraction of sp³-hybridized carbons (Fsp3) is 0.462. The molecule has 1 aliphatic rings. The fourth-order valence-corrected chi connectivity index (χ4v) is 2.63. The lowest BCUT2D eigenvalue weighted by atomic mass is 10.2. The first kappa shape index (κ1) is 21.0. The number of fused-ring (bicyclic) bond motifs is 1. The van der Waals surface area contributed by atoms with E-state index in [0.29, 0.717) is 18.5 Å². The van der Waals surface area contributed by atoms with Gasteiger partial charge in [0.25, 0.3) is 5.56 Å². The molecule has 138 valence electrons. The van der Waals surface area contributed by atoms with Crippen molar-refractivity contribution in [1.29, 1.82) is 0 Å². The molecule has 0 spiro atoms. The molecule has 11 nitrogen and oxygen atoms in total. The van der Waals surface area contributed by atoms with Gasteiger partial charge < -0.3 is 24.6 Å². The maximum atomic E-state index is 11.6. The molecule has 0 aliphatic carbocycles. The van der Waals surface area contributed by atoms with Crippen molar-refractivity contribution in [3.63, 3.8) is 0 Å². The number of hydrogen-bond donors (Lipinski definition) is 4. The molecule has 2 aromatic heterocycles. The van der Waals surface area contributed by atoms with Crippen LogP contribution in [0.3, 0.4) is 0 Å². The van der Waals surface area contributed by atoms with Crippen LogP contribution in [0.25, 0.3) is 11.2 Å². The summed E-state index contributed by atoms with van der Waals surface area (Å²) in [4.78, 5) is 39.4. The van der Waals surface area contributed by atoms with Crippen LogP contribution in [0, 0.1) is 12.8 Å². The first-order valence-electron chi connectivity index (χ1n) is 6.98. The predicted octanol–water partition coefficient (Wildman–Crippen LogP) is -0.236. The Morgan fingerprint density at radius 2 is 2.08 bits per heavy atom. The van der Waals surface area contributed by atoms with Crippen LogP contribution < -0.4 is 5.56 Å². The second kappa shape index (κ2) is 9.43. The van der Waals surface area contributed by atoms with Crippen molar-refractivity contribution in [3.8, 4) is 12.8 Å². The van der Waals surface area contributed by atoms with Crippen LogP contribution in [0.1, 0.15) is 19.1 Å². The summed E-state index contributed by atoms with van der Waals surface area (Å²) in [6, 6.07) is 0. The first-order chi connectivity index (χ1) is 11.9. The minimum Gasteiger partial charge on any atom is -0.400 e. The van der Waals surface area contributed by atoms with E-state index in [4.69, 9.17) is 19.6 Å². The molecule has 3 rings (SSSR count). The number of phosphoric ester groups is 1. The van der Waals surface area contributed by atoms with E-state index in [9.17, 15) is 9.36 Å². The number of phosphoric acid groups is 1. The number of aliphatic hydroxyl groups is 1. The molecule has 3 heterocycles. The van der Waals surface area contributed by atoms with E-state index in [1.165, 1.54) is 12.7 Å². The topological polar surface area (TPSA) is 160 Å². The molecule has 0 radical (unpaired) electrons. The monoisotopic (exact) mass is 374 g/mol. The van der Waals surface area contributed by atoms with Gasteiger partial charge >= 0.3 is 7.82 Å². The smallest absolute Gasteiger partial charge is 0.400 e. The Kier molecular flexibility index (Phi) is 7.92. The van der Waals surface area contributed by atoms with E-state index in [-0.39, 0.29) is 17.7 Å². The van der Waals surface area contributed by atoms with Crippen molar-refractivity contribution < 1.29 is 28.7 Å². The molecule has 4 N–H and O–H groups in total. The molecule has 25 heavy (non-hydrogen) atoms. The number of ether oxygens (including phenoxy) is 1. The van der Waals surface area contributed by atoms with E-state index < -0.39 is 20.2 Å². The highest BCUT2D eigenvalue weighted by Crippen LogP contribution is 2.38. The van der Waals surface area contributed by atoms with Crippen LogP contribution >= 0.6 is 7.82 Å². The van der Waals surface area contributed by atoms with E-state index >= 15 is 0 Å². The van der Waals surface area contributed by atoms with Gasteiger partial charge in [0, 0.05) is 7.11 Å². The summed E-state index contributed by atoms with van der Waals surface area (Å²) < 4.78 is 22.4. The third kappa shape index (κ3) is 5.47. The second-order valence-corrected chi connectivity index (χ2v) is 5.87. The summed E-state index contributed by atoms with van der Waals surface area (Å²) in [6.45, 7) is -0.193. The molecule has 2 aromatic rings. The summed E-state index contributed by atoms with van der Waals surface area (Å²) >= 11 is 0. The van der Waals surface area contributed by atoms with E-state index in [0.717, 1.165) is 7.11 Å². The highest BCUT2D eigenvalue weighted by molar-refractivity contribution is 7.46. The minimum atomic E-state index is -4.50.